The molecule has 0 aliphatic heterocycles. The van der Waals surface area contributed by atoms with Crippen LogP contribution in [0.5, 0.6) is 0 Å². The van der Waals surface area contributed by atoms with Crippen molar-refractivity contribution in [2.75, 3.05) is 23.9 Å². The van der Waals surface area contributed by atoms with E-state index in [2.05, 4.69) is 80.4 Å². The standard InChI is InChI=1S/C20H24Br2O2Se/c21-11-19(15-23-13-17-7-3-1-4-8-17)25-20(12-22)16-24-14-18-9-5-2-6-10-18/h1-10,19-20H,11-16H2. The predicted octanol–water partition coefficient (Wildman–Crippen LogP) is 5.49. The molecule has 5 heteroatoms. The molecule has 0 fully saturated rings. The second-order valence-electron chi connectivity index (χ2n) is 5.69. The normalized spacial score (nSPS) is 13.5. The van der Waals surface area contributed by atoms with Crippen molar-refractivity contribution in [3.63, 3.8) is 0 Å². The molecule has 0 aromatic heterocycles. The molecule has 0 amide bonds. The van der Waals surface area contributed by atoms with Crippen LogP contribution in [0.25, 0.3) is 0 Å². The first-order valence-corrected chi connectivity index (χ1v) is 12.5. The van der Waals surface area contributed by atoms with Gasteiger partial charge >= 0.3 is 175 Å². The molecule has 2 nitrogen and oxygen atoms in total. The maximum atomic E-state index is 5.92. The summed E-state index contributed by atoms with van der Waals surface area (Å²) in [4.78, 5) is 1.11. The Morgan fingerprint density at radius 2 is 1.08 bits per heavy atom. The molecular weight excluding hydrogens is 511 g/mol. The van der Waals surface area contributed by atoms with E-state index in [-0.39, 0.29) is 0 Å². The third-order valence-electron chi connectivity index (χ3n) is 3.56. The van der Waals surface area contributed by atoms with Gasteiger partial charge in [0, 0.05) is 0 Å². The summed E-state index contributed by atoms with van der Waals surface area (Å²) >= 11 is 7.75. The van der Waals surface area contributed by atoms with Crippen molar-refractivity contribution < 1.29 is 9.47 Å². The Hall–Kier alpha value is -0.161. The van der Waals surface area contributed by atoms with E-state index in [0.717, 1.165) is 23.9 Å². The molecule has 0 spiro atoms. The molecule has 136 valence electrons. The Morgan fingerprint density at radius 3 is 1.44 bits per heavy atom. The Bertz CT molecular complexity index is 517. The van der Waals surface area contributed by atoms with Crippen molar-refractivity contribution in [1.82, 2.24) is 0 Å². The van der Waals surface area contributed by atoms with Gasteiger partial charge in [0.2, 0.25) is 0 Å². The first-order valence-electron chi connectivity index (χ1n) is 8.32. The minimum absolute atomic E-state index is 0.459. The van der Waals surface area contributed by atoms with Crippen LogP contribution < -0.4 is 0 Å². The van der Waals surface area contributed by atoms with Crippen molar-refractivity contribution in [2.45, 2.75) is 22.8 Å². The molecule has 0 N–H and O–H groups in total. The zero-order valence-electron chi connectivity index (χ0n) is 14.2. The van der Waals surface area contributed by atoms with Gasteiger partial charge in [-0.15, -0.1) is 0 Å². The number of benzene rings is 2. The van der Waals surface area contributed by atoms with Gasteiger partial charge in [-0.1, -0.05) is 0 Å². The summed E-state index contributed by atoms with van der Waals surface area (Å²) in [6.07, 6.45) is 0. The van der Waals surface area contributed by atoms with Crippen LogP contribution in [0.2, 0.25) is 9.63 Å². The molecule has 2 aromatic rings. The molecule has 0 heterocycles. The molecule has 0 aliphatic carbocycles. The van der Waals surface area contributed by atoms with Gasteiger partial charge in [-0.2, -0.15) is 0 Å². The third kappa shape index (κ3) is 8.85. The van der Waals surface area contributed by atoms with Gasteiger partial charge in [-0.3, -0.25) is 0 Å². The molecule has 0 saturated heterocycles. The van der Waals surface area contributed by atoms with Gasteiger partial charge in [-0.25, -0.2) is 0 Å². The molecule has 0 aliphatic rings. The Balaban J connectivity index is 1.68. The van der Waals surface area contributed by atoms with Crippen LogP contribution in [0.4, 0.5) is 0 Å². The van der Waals surface area contributed by atoms with Gasteiger partial charge in [-0.05, 0) is 0 Å². The van der Waals surface area contributed by atoms with Crippen LogP contribution in [-0.4, -0.2) is 38.8 Å². The van der Waals surface area contributed by atoms with Crippen molar-refractivity contribution >= 4 is 46.8 Å². The summed E-state index contributed by atoms with van der Waals surface area (Å²) in [6, 6.07) is 20.7. The number of rotatable bonds is 12. The van der Waals surface area contributed by atoms with E-state index in [9.17, 15) is 0 Å². The first kappa shape index (κ1) is 21.1. The van der Waals surface area contributed by atoms with Gasteiger partial charge in [0.25, 0.3) is 0 Å². The molecular formula is C20H24Br2O2Se. The van der Waals surface area contributed by atoms with Gasteiger partial charge in [0.15, 0.2) is 0 Å². The number of hydrogen-bond acceptors (Lipinski definition) is 2. The Kier molecular flexibility index (Phi) is 11.1. The molecule has 0 bridgehead atoms. The van der Waals surface area contributed by atoms with Crippen molar-refractivity contribution in [3.05, 3.63) is 71.8 Å². The minimum atomic E-state index is 0.459. The number of alkyl halides is 2. The Labute approximate surface area is 174 Å². The number of ether oxygens (including phenoxy) is 2. The van der Waals surface area contributed by atoms with E-state index in [1.54, 1.807) is 0 Å². The predicted molar refractivity (Wildman–Crippen MR) is 113 cm³/mol. The summed E-state index contributed by atoms with van der Waals surface area (Å²) in [5.41, 5.74) is 2.46. The fourth-order valence-corrected chi connectivity index (χ4v) is 6.42. The van der Waals surface area contributed by atoms with Gasteiger partial charge in [0.1, 0.15) is 0 Å². The van der Waals surface area contributed by atoms with Gasteiger partial charge < -0.3 is 0 Å². The fraction of sp³-hybridized carbons (Fsp3) is 0.400. The quantitative estimate of drug-likeness (QED) is 0.265. The zero-order valence-corrected chi connectivity index (χ0v) is 19.0. The third-order valence-corrected chi connectivity index (χ3v) is 9.94. The van der Waals surface area contributed by atoms with Crippen LogP contribution in [0.3, 0.4) is 0 Å². The summed E-state index contributed by atoms with van der Waals surface area (Å²) in [5, 5.41) is 1.95. The molecule has 0 saturated carbocycles. The van der Waals surface area contributed by atoms with Crippen molar-refractivity contribution in [1.29, 1.82) is 0 Å². The topological polar surface area (TPSA) is 18.5 Å². The monoisotopic (exact) mass is 534 g/mol. The number of halogens is 2. The first-order chi connectivity index (χ1) is 12.3. The average molecular weight is 535 g/mol. The zero-order chi connectivity index (χ0) is 17.7. The molecule has 2 rings (SSSR count). The second-order valence-corrected chi connectivity index (χ2v) is 10.4. The van der Waals surface area contributed by atoms with Crippen LogP contribution >= 0.6 is 31.9 Å². The summed E-state index contributed by atoms with van der Waals surface area (Å²) in [5.74, 6) is 0. The SMILES string of the molecule is BrCC(COCc1ccccc1)[Se]C(CBr)COCc1ccccc1. The second kappa shape index (κ2) is 13.1. The van der Waals surface area contributed by atoms with Crippen LogP contribution in [0.15, 0.2) is 60.7 Å². The van der Waals surface area contributed by atoms with Crippen molar-refractivity contribution in [3.8, 4) is 0 Å². The van der Waals surface area contributed by atoms with E-state index < -0.39 is 0 Å². The molecule has 2 atom stereocenters. The maximum absolute atomic E-state index is 5.92. The van der Waals surface area contributed by atoms with Crippen LogP contribution in [0, 0.1) is 0 Å². The van der Waals surface area contributed by atoms with Crippen LogP contribution in [-0.2, 0) is 22.7 Å². The van der Waals surface area contributed by atoms with E-state index in [1.165, 1.54) is 11.1 Å². The van der Waals surface area contributed by atoms with E-state index >= 15 is 0 Å². The van der Waals surface area contributed by atoms with Crippen molar-refractivity contribution in [2.24, 2.45) is 0 Å². The molecule has 2 unspecified atom stereocenters. The van der Waals surface area contributed by atoms with Gasteiger partial charge in [0.05, 0.1) is 0 Å². The van der Waals surface area contributed by atoms with E-state index in [4.69, 9.17) is 9.47 Å². The molecule has 2 aromatic carbocycles. The molecule has 0 radical (unpaired) electrons. The van der Waals surface area contributed by atoms with E-state index in [0.29, 0.717) is 37.8 Å². The summed E-state index contributed by atoms with van der Waals surface area (Å²) in [6.45, 7) is 2.96. The summed E-state index contributed by atoms with van der Waals surface area (Å²) in [7, 11) is 0. The number of hydrogen-bond donors (Lipinski definition) is 0. The fourth-order valence-electron chi connectivity index (χ4n) is 2.28. The average Bonchev–Trinajstić information content (AvgIpc) is 2.67. The summed E-state index contributed by atoms with van der Waals surface area (Å²) < 4.78 is 11.8. The van der Waals surface area contributed by atoms with Crippen LogP contribution in [0.1, 0.15) is 11.1 Å². The molecule has 25 heavy (non-hydrogen) atoms. The Morgan fingerprint density at radius 1 is 0.680 bits per heavy atom. The van der Waals surface area contributed by atoms with E-state index in [1.807, 2.05) is 12.1 Å².